The van der Waals surface area contributed by atoms with Crippen molar-refractivity contribution in [3.05, 3.63) is 36.0 Å². The van der Waals surface area contributed by atoms with Crippen molar-refractivity contribution in [3.63, 3.8) is 0 Å². The molecule has 0 bridgehead atoms. The molecule has 80 valence electrons. The average Bonchev–Trinajstić information content (AvgIpc) is 2.31. The molecule has 1 heteroatoms. The number of allylic oxidation sites excluding steroid dienone is 6. The fourth-order valence-corrected chi connectivity index (χ4v) is 2.21. The molecule has 0 radical (unpaired) electrons. The van der Waals surface area contributed by atoms with E-state index in [1.165, 1.54) is 12.0 Å². The third-order valence-corrected chi connectivity index (χ3v) is 3.12. The number of hydrogen-bond donors (Lipinski definition) is 0. The van der Waals surface area contributed by atoms with Crippen LogP contribution >= 0.6 is 0 Å². The van der Waals surface area contributed by atoms with E-state index in [4.69, 9.17) is 0 Å². The molecule has 1 nitrogen and oxygen atoms in total. The predicted molar refractivity (Wildman–Crippen MR) is 62.6 cm³/mol. The van der Waals surface area contributed by atoms with Crippen LogP contribution in [0.25, 0.3) is 0 Å². The third kappa shape index (κ3) is 2.92. The first-order chi connectivity index (χ1) is 7.36. The Labute approximate surface area is 91.6 Å². The van der Waals surface area contributed by atoms with E-state index in [9.17, 15) is 4.79 Å². The highest BCUT2D eigenvalue weighted by Gasteiger charge is 2.17. The van der Waals surface area contributed by atoms with E-state index in [0.29, 0.717) is 12.2 Å². The number of Topliss-reactive ketones (excluding diaryl/α,β-unsaturated/α-hetero) is 1. The SMILES string of the molecule is O=C(CC1=CCCC=C1)[C@@H]1C=CCCC1. The van der Waals surface area contributed by atoms with Gasteiger partial charge >= 0.3 is 0 Å². The first-order valence-corrected chi connectivity index (χ1v) is 5.91. The van der Waals surface area contributed by atoms with Crippen LogP contribution in [-0.4, -0.2) is 5.78 Å². The summed E-state index contributed by atoms with van der Waals surface area (Å²) in [6.07, 6.45) is 16.9. The summed E-state index contributed by atoms with van der Waals surface area (Å²) in [5.41, 5.74) is 1.21. The molecule has 0 unspecified atom stereocenters. The van der Waals surface area contributed by atoms with Crippen molar-refractivity contribution in [2.45, 2.75) is 38.5 Å². The van der Waals surface area contributed by atoms with Gasteiger partial charge < -0.3 is 0 Å². The van der Waals surface area contributed by atoms with Gasteiger partial charge in [-0.25, -0.2) is 0 Å². The van der Waals surface area contributed by atoms with Gasteiger partial charge in [0.05, 0.1) is 0 Å². The molecule has 0 amide bonds. The number of hydrogen-bond acceptors (Lipinski definition) is 1. The molecule has 0 saturated heterocycles. The normalized spacial score (nSPS) is 25.1. The number of carbonyl (C=O) groups excluding carboxylic acids is 1. The molecule has 0 aromatic carbocycles. The van der Waals surface area contributed by atoms with Crippen molar-refractivity contribution in [1.29, 1.82) is 0 Å². The molecule has 2 rings (SSSR count). The van der Waals surface area contributed by atoms with E-state index < -0.39 is 0 Å². The summed E-state index contributed by atoms with van der Waals surface area (Å²) in [6, 6.07) is 0. The minimum atomic E-state index is 0.190. The molecule has 15 heavy (non-hydrogen) atoms. The van der Waals surface area contributed by atoms with E-state index >= 15 is 0 Å². The van der Waals surface area contributed by atoms with Crippen molar-refractivity contribution < 1.29 is 4.79 Å². The molecule has 0 aromatic rings. The standard InChI is InChI=1S/C14H18O/c15-14(13-9-5-2-6-10-13)11-12-7-3-1-4-8-12/h3,5,7-9,13H,1-2,4,6,10-11H2/t13-/m1/s1. The van der Waals surface area contributed by atoms with Crippen molar-refractivity contribution in [3.8, 4) is 0 Å². The molecular weight excluding hydrogens is 184 g/mol. The first kappa shape index (κ1) is 10.4. The smallest absolute Gasteiger partial charge is 0.144 e. The van der Waals surface area contributed by atoms with Crippen molar-refractivity contribution >= 4 is 5.78 Å². The second-order valence-electron chi connectivity index (χ2n) is 4.37. The summed E-state index contributed by atoms with van der Waals surface area (Å²) < 4.78 is 0. The Morgan fingerprint density at radius 1 is 1.27 bits per heavy atom. The minimum absolute atomic E-state index is 0.190. The van der Waals surface area contributed by atoms with Gasteiger partial charge in [-0.3, -0.25) is 4.79 Å². The van der Waals surface area contributed by atoms with E-state index in [1.54, 1.807) is 0 Å². The average molecular weight is 202 g/mol. The van der Waals surface area contributed by atoms with Gasteiger partial charge in [0.25, 0.3) is 0 Å². The van der Waals surface area contributed by atoms with Gasteiger partial charge in [0.1, 0.15) is 5.78 Å². The zero-order valence-corrected chi connectivity index (χ0v) is 9.11. The van der Waals surface area contributed by atoms with Crippen molar-refractivity contribution in [2.24, 2.45) is 5.92 Å². The number of rotatable bonds is 3. The molecule has 0 N–H and O–H groups in total. The maximum Gasteiger partial charge on any atom is 0.144 e. The van der Waals surface area contributed by atoms with Gasteiger partial charge in [-0.1, -0.05) is 30.4 Å². The van der Waals surface area contributed by atoms with Crippen LogP contribution < -0.4 is 0 Å². The lowest BCUT2D eigenvalue weighted by atomic mass is 9.88. The summed E-state index contributed by atoms with van der Waals surface area (Å²) in [4.78, 5) is 11.9. The second kappa shape index (κ2) is 5.11. The Bertz CT molecular complexity index is 320. The Morgan fingerprint density at radius 2 is 2.20 bits per heavy atom. The Morgan fingerprint density at radius 3 is 2.87 bits per heavy atom. The second-order valence-corrected chi connectivity index (χ2v) is 4.37. The highest BCUT2D eigenvalue weighted by Crippen LogP contribution is 2.22. The van der Waals surface area contributed by atoms with Gasteiger partial charge in [-0.05, 0) is 37.7 Å². The highest BCUT2D eigenvalue weighted by atomic mass is 16.1. The summed E-state index contributed by atoms with van der Waals surface area (Å²) in [6.45, 7) is 0. The van der Waals surface area contributed by atoms with Crippen molar-refractivity contribution in [2.75, 3.05) is 0 Å². The fourth-order valence-electron chi connectivity index (χ4n) is 2.21. The van der Waals surface area contributed by atoms with Gasteiger partial charge in [-0.15, -0.1) is 0 Å². The summed E-state index contributed by atoms with van der Waals surface area (Å²) in [7, 11) is 0. The molecule has 0 aromatic heterocycles. The Balaban J connectivity index is 1.91. The highest BCUT2D eigenvalue weighted by molar-refractivity contribution is 5.85. The van der Waals surface area contributed by atoms with Crippen LogP contribution in [0.2, 0.25) is 0 Å². The first-order valence-electron chi connectivity index (χ1n) is 5.91. The van der Waals surface area contributed by atoms with Crippen LogP contribution in [-0.2, 0) is 4.79 Å². The number of carbonyl (C=O) groups is 1. The molecule has 1 atom stereocenters. The van der Waals surface area contributed by atoms with Crippen molar-refractivity contribution in [1.82, 2.24) is 0 Å². The molecule has 0 fully saturated rings. The van der Waals surface area contributed by atoms with Crippen LogP contribution in [0, 0.1) is 5.92 Å². The molecule has 0 saturated carbocycles. The largest absolute Gasteiger partial charge is 0.299 e. The monoisotopic (exact) mass is 202 g/mol. The van der Waals surface area contributed by atoms with E-state index in [0.717, 1.165) is 25.7 Å². The van der Waals surface area contributed by atoms with E-state index in [1.807, 2.05) is 0 Å². The van der Waals surface area contributed by atoms with Gasteiger partial charge in [0, 0.05) is 12.3 Å². The van der Waals surface area contributed by atoms with E-state index in [-0.39, 0.29) is 5.92 Å². The molecule has 0 heterocycles. The third-order valence-electron chi connectivity index (χ3n) is 3.12. The lowest BCUT2D eigenvalue weighted by molar-refractivity contribution is -0.121. The Kier molecular flexibility index (Phi) is 3.54. The molecule has 2 aliphatic carbocycles. The lowest BCUT2D eigenvalue weighted by Gasteiger charge is -2.15. The van der Waals surface area contributed by atoms with Crippen LogP contribution in [0.15, 0.2) is 36.0 Å². The molecule has 0 spiro atoms. The van der Waals surface area contributed by atoms with Gasteiger partial charge in [0.2, 0.25) is 0 Å². The van der Waals surface area contributed by atoms with Crippen LogP contribution in [0.3, 0.4) is 0 Å². The fraction of sp³-hybridized carbons (Fsp3) is 0.500. The Hall–Kier alpha value is -1.11. The summed E-state index contributed by atoms with van der Waals surface area (Å²) in [5.74, 6) is 0.582. The maximum atomic E-state index is 11.9. The maximum absolute atomic E-state index is 11.9. The number of ketones is 1. The van der Waals surface area contributed by atoms with Crippen LogP contribution in [0.4, 0.5) is 0 Å². The minimum Gasteiger partial charge on any atom is -0.299 e. The molecular formula is C14H18O. The summed E-state index contributed by atoms with van der Waals surface area (Å²) >= 11 is 0. The lowest BCUT2D eigenvalue weighted by Crippen LogP contribution is -2.14. The zero-order valence-electron chi connectivity index (χ0n) is 9.11. The summed E-state index contributed by atoms with van der Waals surface area (Å²) in [5, 5.41) is 0. The van der Waals surface area contributed by atoms with Gasteiger partial charge in [0.15, 0.2) is 0 Å². The zero-order chi connectivity index (χ0) is 10.5. The van der Waals surface area contributed by atoms with Crippen LogP contribution in [0.1, 0.15) is 38.5 Å². The quantitative estimate of drug-likeness (QED) is 0.639. The topological polar surface area (TPSA) is 17.1 Å². The predicted octanol–water partition coefficient (Wildman–Crippen LogP) is 3.58. The van der Waals surface area contributed by atoms with Crippen LogP contribution in [0.5, 0.6) is 0 Å². The molecule has 0 aliphatic heterocycles. The van der Waals surface area contributed by atoms with Gasteiger partial charge in [-0.2, -0.15) is 0 Å². The van der Waals surface area contributed by atoms with E-state index in [2.05, 4.69) is 30.4 Å². The molecule has 2 aliphatic rings.